The van der Waals surface area contributed by atoms with E-state index in [4.69, 9.17) is 17.4 Å². The van der Waals surface area contributed by atoms with Gasteiger partial charge in [-0.2, -0.15) is 0 Å². The van der Waals surface area contributed by atoms with E-state index in [1.165, 1.54) is 0 Å². The molecule has 0 radical (unpaired) electrons. The Labute approximate surface area is 51.6 Å². The molecule has 0 amide bonds. The standard InChI is InChI=1S/C5H12O/c1-2-3-4-5-6/h6H,2-5H2,1H3/i1D3,2D2,3D2,4D2. The molecule has 0 unspecified atom stereocenters. The quantitative estimate of drug-likeness (QED) is 0.560. The molecule has 6 heavy (non-hydrogen) atoms. The van der Waals surface area contributed by atoms with Crippen LogP contribution in [-0.4, -0.2) is 11.7 Å². The van der Waals surface area contributed by atoms with E-state index in [9.17, 15) is 0 Å². The molecule has 0 rings (SSSR count). The van der Waals surface area contributed by atoms with E-state index in [0.717, 1.165) is 0 Å². The van der Waals surface area contributed by atoms with E-state index in [-0.39, 0.29) is 0 Å². The van der Waals surface area contributed by atoms with Crippen LogP contribution in [0.15, 0.2) is 0 Å². The Hall–Kier alpha value is -0.0400. The van der Waals surface area contributed by atoms with Crippen molar-refractivity contribution in [3.8, 4) is 0 Å². The summed E-state index contributed by atoms with van der Waals surface area (Å²) in [4.78, 5) is 0. The summed E-state index contributed by atoms with van der Waals surface area (Å²) in [5, 5.41) is 8.59. The predicted octanol–water partition coefficient (Wildman–Crippen LogP) is 1.17. The van der Waals surface area contributed by atoms with Gasteiger partial charge in [0.05, 0.1) is 0 Å². The number of rotatable bonds is 3. The molecular formula is C5H12O. The Kier molecular flexibility index (Phi) is 0.622. The first-order valence-electron chi connectivity index (χ1n) is 5.92. The monoisotopic (exact) mass is 97.1 g/mol. The molecule has 0 aromatic heterocycles. The van der Waals surface area contributed by atoms with Crippen LogP contribution in [0.1, 0.15) is 38.3 Å². The second-order valence-electron chi connectivity index (χ2n) is 0.585. The van der Waals surface area contributed by atoms with Crippen LogP contribution in [0.25, 0.3) is 0 Å². The van der Waals surface area contributed by atoms with Gasteiger partial charge in [0.25, 0.3) is 0 Å². The van der Waals surface area contributed by atoms with Crippen molar-refractivity contribution in [1.82, 2.24) is 0 Å². The lowest BCUT2D eigenvalue weighted by Gasteiger charge is -1.85. The largest absolute Gasteiger partial charge is 0.396 e. The average Bonchev–Trinajstić information content (AvgIpc) is 2.01. The first-order valence-corrected chi connectivity index (χ1v) is 1.42. The summed E-state index contributed by atoms with van der Waals surface area (Å²) in [6.45, 7) is -4.60. The Morgan fingerprint density at radius 1 is 1.83 bits per heavy atom. The predicted molar refractivity (Wildman–Crippen MR) is 26.6 cm³/mol. The molecule has 0 bridgehead atoms. The van der Waals surface area contributed by atoms with E-state index >= 15 is 0 Å². The summed E-state index contributed by atoms with van der Waals surface area (Å²) in [7, 11) is 0. The van der Waals surface area contributed by atoms with Crippen molar-refractivity contribution in [2.24, 2.45) is 0 Å². The number of aliphatic hydroxyl groups is 1. The van der Waals surface area contributed by atoms with Gasteiger partial charge in [0.15, 0.2) is 0 Å². The van der Waals surface area contributed by atoms with Gasteiger partial charge in [-0.3, -0.25) is 0 Å². The van der Waals surface area contributed by atoms with Gasteiger partial charge in [0, 0.05) is 18.9 Å². The van der Waals surface area contributed by atoms with E-state index in [1.807, 2.05) is 0 Å². The van der Waals surface area contributed by atoms with Crippen molar-refractivity contribution in [3.05, 3.63) is 0 Å². The first kappa shape index (κ1) is 0.752. The summed E-state index contributed by atoms with van der Waals surface area (Å²) in [5.74, 6) is 0. The lowest BCUT2D eigenvalue weighted by Crippen LogP contribution is -1.78. The fourth-order valence-electron chi connectivity index (χ4n) is 0.0837. The molecule has 0 aliphatic carbocycles. The van der Waals surface area contributed by atoms with E-state index < -0.39 is 32.6 Å². The maximum atomic E-state index is 8.59. The van der Waals surface area contributed by atoms with Gasteiger partial charge in [0.1, 0.15) is 0 Å². The SMILES string of the molecule is [2H]C([2H])([2H])C([2H])([2H])C([2H])([2H])C([2H])([2H])CO. The zero-order chi connectivity index (χ0) is 12.7. The van der Waals surface area contributed by atoms with Crippen molar-refractivity contribution < 1.29 is 17.4 Å². The van der Waals surface area contributed by atoms with Crippen LogP contribution in [0.3, 0.4) is 0 Å². The Bertz CT molecular complexity index is 229. The van der Waals surface area contributed by atoms with Crippen molar-refractivity contribution in [2.75, 3.05) is 6.61 Å². The van der Waals surface area contributed by atoms with Crippen molar-refractivity contribution in [2.45, 2.75) is 26.0 Å². The van der Waals surface area contributed by atoms with Crippen LogP contribution < -0.4 is 0 Å². The molecule has 1 nitrogen and oxygen atoms in total. The molecular weight excluding hydrogens is 76.1 g/mol. The van der Waals surface area contributed by atoms with E-state index in [2.05, 4.69) is 0 Å². The Morgan fingerprint density at radius 3 is 3.17 bits per heavy atom. The van der Waals surface area contributed by atoms with Crippen LogP contribution in [0.4, 0.5) is 0 Å². The minimum absolute atomic E-state index is 1.30. The van der Waals surface area contributed by atoms with Crippen molar-refractivity contribution in [3.63, 3.8) is 0 Å². The maximum absolute atomic E-state index is 8.59. The van der Waals surface area contributed by atoms with Crippen LogP contribution in [0, 0.1) is 0 Å². The third-order valence-electron chi connectivity index (χ3n) is 0.230. The molecule has 0 aliphatic heterocycles. The van der Waals surface area contributed by atoms with Crippen molar-refractivity contribution in [1.29, 1.82) is 0 Å². The highest BCUT2D eigenvalue weighted by molar-refractivity contribution is 4.30. The van der Waals surface area contributed by atoms with E-state index in [0.29, 0.717) is 0 Å². The molecule has 38 valence electrons. The summed E-state index contributed by atoms with van der Waals surface area (Å²) >= 11 is 0. The van der Waals surface area contributed by atoms with Gasteiger partial charge in [-0.15, -0.1) is 0 Å². The average molecular weight is 97.2 g/mol. The Morgan fingerprint density at radius 2 is 2.67 bits per heavy atom. The fourth-order valence-corrected chi connectivity index (χ4v) is 0.0837. The highest BCUT2D eigenvalue weighted by atomic mass is 16.2. The minimum Gasteiger partial charge on any atom is -0.396 e. The molecule has 0 aromatic carbocycles. The number of aliphatic hydroxyl groups excluding tert-OH is 1. The molecule has 0 fully saturated rings. The van der Waals surface area contributed by atoms with Gasteiger partial charge in [-0.1, -0.05) is 19.6 Å². The number of hydrogen-bond donors (Lipinski definition) is 1. The molecule has 1 N–H and O–H groups in total. The zero-order valence-corrected chi connectivity index (χ0v) is 3.15. The lowest BCUT2D eigenvalue weighted by atomic mass is 10.3. The van der Waals surface area contributed by atoms with Crippen LogP contribution in [-0.2, 0) is 0 Å². The van der Waals surface area contributed by atoms with Crippen LogP contribution >= 0.6 is 0 Å². The highest BCUT2D eigenvalue weighted by Gasteiger charge is 1.76. The molecule has 0 saturated carbocycles. The smallest absolute Gasteiger partial charge is 0.0431 e. The Balaban J connectivity index is 5.38. The molecule has 0 spiro atoms. The fraction of sp³-hybridized carbons (Fsp3) is 1.00. The molecule has 0 saturated heterocycles. The van der Waals surface area contributed by atoms with Gasteiger partial charge >= 0.3 is 0 Å². The first-order chi connectivity index (χ1) is 6.31. The minimum atomic E-state index is -3.38. The molecule has 0 heterocycles. The molecule has 0 aliphatic rings. The second kappa shape index (κ2) is 4.96. The molecule has 0 aromatic rings. The van der Waals surface area contributed by atoms with Gasteiger partial charge in [-0.05, 0) is 6.37 Å². The zero-order valence-electron chi connectivity index (χ0n) is 12.2. The summed E-state index contributed by atoms with van der Waals surface area (Å²) in [6, 6.07) is 0. The highest BCUT2D eigenvalue weighted by Crippen LogP contribution is 1.89. The van der Waals surface area contributed by atoms with Crippen LogP contribution in [0.5, 0.6) is 0 Å². The third kappa shape index (κ3) is 3.96. The van der Waals surface area contributed by atoms with Gasteiger partial charge < -0.3 is 5.11 Å². The summed E-state index contributed by atoms with van der Waals surface area (Å²) < 4.78 is 63.2. The molecule has 0 atom stereocenters. The van der Waals surface area contributed by atoms with Crippen LogP contribution in [0.2, 0.25) is 0 Å². The van der Waals surface area contributed by atoms with Gasteiger partial charge in [0.2, 0.25) is 0 Å². The second-order valence-corrected chi connectivity index (χ2v) is 0.585. The third-order valence-corrected chi connectivity index (χ3v) is 0.230. The normalized spacial score (nSPS) is 40.5. The number of hydrogen-bond acceptors (Lipinski definition) is 1. The summed E-state index contributed by atoms with van der Waals surface area (Å²) in [5.41, 5.74) is 0. The molecule has 1 heteroatoms. The lowest BCUT2D eigenvalue weighted by molar-refractivity contribution is 0.284. The van der Waals surface area contributed by atoms with Gasteiger partial charge in [-0.25, -0.2) is 0 Å². The topological polar surface area (TPSA) is 20.2 Å². The van der Waals surface area contributed by atoms with Crippen molar-refractivity contribution >= 4 is 0 Å². The maximum Gasteiger partial charge on any atom is 0.0431 e. The van der Waals surface area contributed by atoms with E-state index in [1.54, 1.807) is 0 Å². The summed E-state index contributed by atoms with van der Waals surface area (Å²) in [6.07, 6.45) is -9.67.